The van der Waals surface area contributed by atoms with Crippen molar-refractivity contribution >= 4 is 5.91 Å². The number of hydrogen-bond acceptors (Lipinski definition) is 5. The molecular weight excluding hydrogens is 258 g/mol. The first-order valence-electron chi connectivity index (χ1n) is 6.82. The lowest BCUT2D eigenvalue weighted by atomic mass is 10.3. The smallest absolute Gasteiger partial charge is 0.260 e. The number of nitrogens with two attached hydrogens (primary N) is 1. The molecule has 1 saturated heterocycles. The number of rotatable bonds is 5. The Hall–Kier alpha value is -1.79. The number of hydrazine groups is 1. The SMILES string of the molecule is CCOc1ccc(OCC(=O)N2CCN(N)CC2)cc1. The topological polar surface area (TPSA) is 68.0 Å². The number of piperazine rings is 1. The Kier molecular flexibility index (Phi) is 5.20. The lowest BCUT2D eigenvalue weighted by molar-refractivity contribution is -0.135. The zero-order chi connectivity index (χ0) is 14.4. The highest BCUT2D eigenvalue weighted by Crippen LogP contribution is 2.17. The molecule has 1 amide bonds. The van der Waals surface area contributed by atoms with Gasteiger partial charge in [0.2, 0.25) is 0 Å². The molecule has 1 aliphatic rings. The van der Waals surface area contributed by atoms with E-state index in [2.05, 4.69) is 0 Å². The maximum absolute atomic E-state index is 12.0. The van der Waals surface area contributed by atoms with E-state index in [1.54, 1.807) is 22.0 Å². The highest BCUT2D eigenvalue weighted by Gasteiger charge is 2.19. The van der Waals surface area contributed by atoms with Gasteiger partial charge in [0.25, 0.3) is 5.91 Å². The minimum absolute atomic E-state index is 0.00742. The Morgan fingerprint density at radius 1 is 1.10 bits per heavy atom. The van der Waals surface area contributed by atoms with Crippen LogP contribution in [0, 0.1) is 0 Å². The second-order valence-corrected chi connectivity index (χ2v) is 4.61. The van der Waals surface area contributed by atoms with Crippen LogP contribution in [-0.2, 0) is 4.79 Å². The second kappa shape index (κ2) is 7.12. The first-order valence-corrected chi connectivity index (χ1v) is 6.82. The van der Waals surface area contributed by atoms with Crippen molar-refractivity contribution in [3.05, 3.63) is 24.3 Å². The van der Waals surface area contributed by atoms with Gasteiger partial charge in [0.05, 0.1) is 6.61 Å². The molecule has 6 nitrogen and oxygen atoms in total. The van der Waals surface area contributed by atoms with Gasteiger partial charge in [0.1, 0.15) is 11.5 Å². The number of hydrogen-bond donors (Lipinski definition) is 1. The summed E-state index contributed by atoms with van der Waals surface area (Å²) in [5.74, 6) is 7.11. The first kappa shape index (κ1) is 14.6. The fourth-order valence-electron chi connectivity index (χ4n) is 2.01. The molecule has 0 radical (unpaired) electrons. The maximum atomic E-state index is 12.0. The van der Waals surface area contributed by atoms with Crippen LogP contribution < -0.4 is 15.3 Å². The predicted molar refractivity (Wildman–Crippen MR) is 75.4 cm³/mol. The predicted octanol–water partition coefficient (Wildman–Crippen LogP) is 0.482. The quantitative estimate of drug-likeness (QED) is 0.794. The second-order valence-electron chi connectivity index (χ2n) is 4.61. The fraction of sp³-hybridized carbons (Fsp3) is 0.500. The third kappa shape index (κ3) is 4.11. The Morgan fingerprint density at radius 2 is 1.65 bits per heavy atom. The molecule has 110 valence electrons. The largest absolute Gasteiger partial charge is 0.494 e. The van der Waals surface area contributed by atoms with Crippen molar-refractivity contribution in [2.24, 2.45) is 5.84 Å². The monoisotopic (exact) mass is 279 g/mol. The van der Waals surface area contributed by atoms with Crippen LogP contribution in [0.4, 0.5) is 0 Å². The van der Waals surface area contributed by atoms with E-state index in [9.17, 15) is 4.79 Å². The molecule has 0 saturated carbocycles. The van der Waals surface area contributed by atoms with Crippen molar-refractivity contribution in [2.75, 3.05) is 39.4 Å². The van der Waals surface area contributed by atoms with E-state index in [4.69, 9.17) is 15.3 Å². The van der Waals surface area contributed by atoms with Gasteiger partial charge in [0.15, 0.2) is 6.61 Å². The van der Waals surface area contributed by atoms with Crippen molar-refractivity contribution in [3.8, 4) is 11.5 Å². The Bertz CT molecular complexity index is 428. The summed E-state index contributed by atoms with van der Waals surface area (Å²) in [7, 11) is 0. The van der Waals surface area contributed by atoms with Gasteiger partial charge < -0.3 is 14.4 Å². The Labute approximate surface area is 119 Å². The molecule has 1 aromatic carbocycles. The number of ether oxygens (including phenoxy) is 2. The highest BCUT2D eigenvalue weighted by molar-refractivity contribution is 5.77. The first-order chi connectivity index (χ1) is 9.69. The van der Waals surface area contributed by atoms with Crippen molar-refractivity contribution < 1.29 is 14.3 Å². The molecule has 0 aliphatic carbocycles. The minimum atomic E-state index is -0.00742. The molecule has 0 bridgehead atoms. The van der Waals surface area contributed by atoms with E-state index in [1.165, 1.54) is 0 Å². The standard InChI is InChI=1S/C14H21N3O3/c1-2-19-12-3-5-13(6-4-12)20-11-14(18)16-7-9-17(15)10-8-16/h3-6H,2,7-11,15H2,1H3. The number of amides is 1. The molecule has 0 unspecified atom stereocenters. The molecule has 0 spiro atoms. The summed E-state index contributed by atoms with van der Waals surface area (Å²) >= 11 is 0. The van der Waals surface area contributed by atoms with Gasteiger partial charge in [-0.05, 0) is 31.2 Å². The summed E-state index contributed by atoms with van der Waals surface area (Å²) in [6.45, 7) is 5.34. The van der Waals surface area contributed by atoms with Crippen molar-refractivity contribution in [3.63, 3.8) is 0 Å². The molecule has 2 N–H and O–H groups in total. The number of carbonyl (C=O) groups excluding carboxylic acids is 1. The van der Waals surface area contributed by atoms with Crippen LogP contribution >= 0.6 is 0 Å². The molecule has 1 aromatic rings. The maximum Gasteiger partial charge on any atom is 0.260 e. The van der Waals surface area contributed by atoms with E-state index >= 15 is 0 Å². The molecule has 1 aliphatic heterocycles. The van der Waals surface area contributed by atoms with Gasteiger partial charge in [-0.2, -0.15) is 0 Å². The van der Waals surface area contributed by atoms with Crippen molar-refractivity contribution in [1.29, 1.82) is 0 Å². The number of nitrogens with zero attached hydrogens (tertiary/aromatic N) is 2. The minimum Gasteiger partial charge on any atom is -0.494 e. The van der Waals surface area contributed by atoms with Crippen molar-refractivity contribution in [2.45, 2.75) is 6.92 Å². The molecule has 1 fully saturated rings. The Balaban J connectivity index is 1.78. The molecular formula is C14H21N3O3. The van der Waals surface area contributed by atoms with E-state index in [1.807, 2.05) is 19.1 Å². The van der Waals surface area contributed by atoms with Crippen LogP contribution in [0.3, 0.4) is 0 Å². The van der Waals surface area contributed by atoms with E-state index < -0.39 is 0 Å². The summed E-state index contributed by atoms with van der Waals surface area (Å²) in [5, 5.41) is 1.72. The highest BCUT2D eigenvalue weighted by atomic mass is 16.5. The summed E-state index contributed by atoms with van der Waals surface area (Å²) in [4.78, 5) is 13.7. The van der Waals surface area contributed by atoms with Gasteiger partial charge in [-0.25, -0.2) is 5.01 Å². The normalized spacial score (nSPS) is 16.0. The van der Waals surface area contributed by atoms with Gasteiger partial charge in [0, 0.05) is 26.2 Å². The molecule has 0 atom stereocenters. The van der Waals surface area contributed by atoms with E-state index in [0.29, 0.717) is 38.5 Å². The molecule has 0 aromatic heterocycles. The summed E-state index contributed by atoms with van der Waals surface area (Å²) < 4.78 is 10.8. The van der Waals surface area contributed by atoms with Crippen LogP contribution in [0.25, 0.3) is 0 Å². The van der Waals surface area contributed by atoms with Crippen LogP contribution in [-0.4, -0.2) is 55.2 Å². The average Bonchev–Trinajstić information content (AvgIpc) is 2.47. The fourth-order valence-corrected chi connectivity index (χ4v) is 2.01. The van der Waals surface area contributed by atoms with Gasteiger partial charge in [-0.15, -0.1) is 0 Å². The van der Waals surface area contributed by atoms with Crippen LogP contribution in [0.5, 0.6) is 11.5 Å². The number of benzene rings is 1. The molecule has 6 heteroatoms. The van der Waals surface area contributed by atoms with Crippen LogP contribution in [0.1, 0.15) is 6.92 Å². The average molecular weight is 279 g/mol. The zero-order valence-electron chi connectivity index (χ0n) is 11.7. The van der Waals surface area contributed by atoms with Crippen LogP contribution in [0.15, 0.2) is 24.3 Å². The van der Waals surface area contributed by atoms with Gasteiger partial charge >= 0.3 is 0 Å². The Morgan fingerprint density at radius 3 is 2.20 bits per heavy atom. The molecule has 2 rings (SSSR count). The third-order valence-electron chi connectivity index (χ3n) is 3.16. The number of carbonyl (C=O) groups is 1. The van der Waals surface area contributed by atoms with E-state index in [0.717, 1.165) is 5.75 Å². The van der Waals surface area contributed by atoms with E-state index in [-0.39, 0.29) is 12.5 Å². The lowest BCUT2D eigenvalue weighted by Gasteiger charge is -2.31. The molecule has 1 heterocycles. The van der Waals surface area contributed by atoms with Gasteiger partial charge in [-0.1, -0.05) is 0 Å². The summed E-state index contributed by atoms with van der Waals surface area (Å²) in [5.41, 5.74) is 0. The summed E-state index contributed by atoms with van der Waals surface area (Å²) in [6.07, 6.45) is 0. The lowest BCUT2D eigenvalue weighted by Crippen LogP contribution is -2.52. The van der Waals surface area contributed by atoms with Gasteiger partial charge in [-0.3, -0.25) is 10.6 Å². The zero-order valence-corrected chi connectivity index (χ0v) is 11.7. The third-order valence-corrected chi connectivity index (χ3v) is 3.16. The summed E-state index contributed by atoms with van der Waals surface area (Å²) in [6, 6.07) is 7.26. The van der Waals surface area contributed by atoms with Crippen molar-refractivity contribution in [1.82, 2.24) is 9.91 Å². The molecule has 20 heavy (non-hydrogen) atoms. The van der Waals surface area contributed by atoms with Crippen LogP contribution in [0.2, 0.25) is 0 Å².